The van der Waals surface area contributed by atoms with Crippen LogP contribution in [-0.2, 0) is 11.3 Å². The van der Waals surface area contributed by atoms with E-state index in [0.717, 1.165) is 59.5 Å². The lowest BCUT2D eigenvalue weighted by atomic mass is 9.98. The van der Waals surface area contributed by atoms with Crippen molar-refractivity contribution in [2.75, 3.05) is 42.7 Å². The molecule has 3 heterocycles. The Balaban J connectivity index is 1.55. The maximum Gasteiger partial charge on any atom is 0.229 e. The summed E-state index contributed by atoms with van der Waals surface area (Å²) in [6, 6.07) is 15.2. The zero-order valence-corrected chi connectivity index (χ0v) is 23.9. The summed E-state index contributed by atoms with van der Waals surface area (Å²) in [7, 11) is 1.73. The minimum absolute atomic E-state index is 0.291. The molecule has 0 aliphatic carbocycles. The highest BCUT2D eigenvalue weighted by Gasteiger charge is 2.23. The number of hydrogen-bond acceptors (Lipinski definition) is 8. The number of fused-ring (bicyclic) bond motifs is 1. The van der Waals surface area contributed by atoms with Crippen molar-refractivity contribution < 1.29 is 4.74 Å². The summed E-state index contributed by atoms with van der Waals surface area (Å²) < 4.78 is 7.52. The quantitative estimate of drug-likeness (QED) is 0.292. The highest BCUT2D eigenvalue weighted by Crippen LogP contribution is 2.36. The van der Waals surface area contributed by atoms with E-state index in [2.05, 4.69) is 97.7 Å². The van der Waals surface area contributed by atoms with E-state index in [0.29, 0.717) is 30.0 Å². The molecule has 0 amide bonds. The molecule has 1 fully saturated rings. The molecule has 1 aliphatic heterocycles. The van der Waals surface area contributed by atoms with Crippen molar-refractivity contribution in [2.24, 2.45) is 0 Å². The normalized spacial score (nSPS) is 16.2. The Morgan fingerprint density at radius 3 is 2.49 bits per heavy atom. The summed E-state index contributed by atoms with van der Waals surface area (Å²) in [5, 5.41) is 12.4. The van der Waals surface area contributed by atoms with Gasteiger partial charge in [-0.15, -0.1) is 0 Å². The van der Waals surface area contributed by atoms with Gasteiger partial charge in [-0.1, -0.05) is 18.2 Å². The van der Waals surface area contributed by atoms with Gasteiger partial charge in [0.2, 0.25) is 5.95 Å². The summed E-state index contributed by atoms with van der Waals surface area (Å²) in [5.41, 5.74) is 13.2. The second-order valence-electron chi connectivity index (χ2n) is 11.1. The number of nitrogen functional groups attached to an aromatic ring is 1. The molecule has 1 saturated heterocycles. The van der Waals surface area contributed by atoms with E-state index in [9.17, 15) is 0 Å². The van der Waals surface area contributed by atoms with E-state index in [-0.39, 0.29) is 5.60 Å². The van der Waals surface area contributed by atoms with Gasteiger partial charge in [0, 0.05) is 56.3 Å². The molecule has 9 heteroatoms. The molecule has 0 radical (unpaired) electrons. The fraction of sp³-hybridized carbons (Fsp3) is 0.433. The van der Waals surface area contributed by atoms with Crippen LogP contribution in [0.25, 0.3) is 22.3 Å². The van der Waals surface area contributed by atoms with Crippen LogP contribution in [0.1, 0.15) is 38.3 Å². The third-order valence-corrected chi connectivity index (χ3v) is 7.77. The smallest absolute Gasteiger partial charge is 0.229 e. The van der Waals surface area contributed by atoms with E-state index in [1.54, 1.807) is 7.11 Å². The summed E-state index contributed by atoms with van der Waals surface area (Å²) in [6.45, 7) is 14.2. The number of piperazine rings is 1. The largest absolute Gasteiger partial charge is 0.382 e. The molecule has 0 spiro atoms. The van der Waals surface area contributed by atoms with Crippen LogP contribution in [0.15, 0.2) is 42.5 Å². The van der Waals surface area contributed by atoms with Crippen LogP contribution < -0.4 is 21.3 Å². The average molecular weight is 529 g/mol. The fourth-order valence-electron chi connectivity index (χ4n) is 5.25. The number of aromatic nitrogens is 4. The second-order valence-corrected chi connectivity index (χ2v) is 11.1. The van der Waals surface area contributed by atoms with Gasteiger partial charge in [-0.2, -0.15) is 10.1 Å². The predicted molar refractivity (Wildman–Crippen MR) is 160 cm³/mol. The number of aryl methyl sites for hydroxylation is 3. The number of benzene rings is 2. The van der Waals surface area contributed by atoms with Gasteiger partial charge in [-0.25, -0.2) is 9.67 Å². The molecule has 2 aromatic heterocycles. The number of nitrogens with one attached hydrogen (secondary N) is 2. The number of methoxy groups -OCH3 is 1. The van der Waals surface area contributed by atoms with Gasteiger partial charge in [-0.05, 0) is 76.4 Å². The van der Waals surface area contributed by atoms with Crippen LogP contribution in [0.5, 0.6) is 0 Å². The van der Waals surface area contributed by atoms with Crippen molar-refractivity contribution in [1.29, 1.82) is 0 Å². The highest BCUT2D eigenvalue weighted by molar-refractivity contribution is 6.00. The zero-order valence-electron chi connectivity index (χ0n) is 23.9. The Bertz CT molecular complexity index is 1440. The Morgan fingerprint density at radius 1 is 1.10 bits per heavy atom. The summed E-state index contributed by atoms with van der Waals surface area (Å²) in [6.07, 6.45) is 0.761. The molecule has 206 valence electrons. The fourth-order valence-corrected chi connectivity index (χ4v) is 5.25. The molecular formula is C30H40N8O. The number of anilines is 4. The Morgan fingerprint density at radius 2 is 1.82 bits per heavy atom. The van der Waals surface area contributed by atoms with Crippen LogP contribution in [-0.4, -0.2) is 58.1 Å². The Hall–Kier alpha value is -3.69. The number of ether oxygens (including phenoxy) is 1. The van der Waals surface area contributed by atoms with Crippen LogP contribution >= 0.6 is 0 Å². The number of nitrogens with zero attached hydrogens (tertiary/aromatic N) is 5. The Kier molecular flexibility index (Phi) is 7.46. The van der Waals surface area contributed by atoms with Crippen molar-refractivity contribution in [3.05, 3.63) is 53.6 Å². The maximum atomic E-state index is 6.52. The van der Waals surface area contributed by atoms with E-state index in [4.69, 9.17) is 20.4 Å². The zero-order chi connectivity index (χ0) is 27.7. The molecule has 4 aromatic rings. The molecule has 1 aliphatic rings. The lowest BCUT2D eigenvalue weighted by Gasteiger charge is -2.36. The van der Waals surface area contributed by atoms with E-state index in [1.807, 2.05) is 4.68 Å². The standard InChI is InChI=1S/C30H40N8O/c1-19-8-7-9-20(2)24(19)26-25-27(31)36-38(16-14-30(4,5)39-6)28(25)35-29(34-26)33-22-10-12-23(13-11-22)37-17-15-32-18-21(37)3/h7-13,21,32H,14-18H2,1-6H3,(H2,31,36)(H,33,34,35). The molecule has 0 saturated carbocycles. The van der Waals surface area contributed by atoms with Crippen LogP contribution in [0, 0.1) is 13.8 Å². The van der Waals surface area contributed by atoms with Crippen molar-refractivity contribution in [1.82, 2.24) is 25.1 Å². The van der Waals surface area contributed by atoms with Crippen molar-refractivity contribution in [2.45, 2.75) is 59.2 Å². The number of rotatable bonds is 8. The third kappa shape index (κ3) is 5.55. The summed E-state index contributed by atoms with van der Waals surface area (Å²) in [4.78, 5) is 12.4. The molecule has 0 bridgehead atoms. The highest BCUT2D eigenvalue weighted by atomic mass is 16.5. The van der Waals surface area contributed by atoms with Gasteiger partial charge < -0.3 is 26.0 Å². The van der Waals surface area contributed by atoms with Crippen molar-refractivity contribution in [3.8, 4) is 11.3 Å². The molecule has 9 nitrogen and oxygen atoms in total. The molecule has 39 heavy (non-hydrogen) atoms. The van der Waals surface area contributed by atoms with Crippen LogP contribution in [0.4, 0.5) is 23.1 Å². The SMILES string of the molecule is COC(C)(C)CCn1nc(N)c2c(-c3c(C)cccc3C)nc(Nc3ccc(N4CCNCC4C)cc3)nc21. The van der Waals surface area contributed by atoms with Gasteiger partial charge >= 0.3 is 0 Å². The number of nitrogens with two attached hydrogens (primary N) is 1. The topological polar surface area (TPSA) is 106 Å². The molecule has 2 aromatic carbocycles. The van der Waals surface area contributed by atoms with Crippen LogP contribution in [0.3, 0.4) is 0 Å². The summed E-state index contributed by atoms with van der Waals surface area (Å²) in [5.74, 6) is 0.939. The molecule has 4 N–H and O–H groups in total. The maximum absolute atomic E-state index is 6.52. The summed E-state index contributed by atoms with van der Waals surface area (Å²) >= 11 is 0. The minimum Gasteiger partial charge on any atom is -0.382 e. The van der Waals surface area contributed by atoms with Gasteiger partial charge in [0.25, 0.3) is 0 Å². The number of hydrogen-bond donors (Lipinski definition) is 3. The first kappa shape index (κ1) is 26.9. The lowest BCUT2D eigenvalue weighted by Crippen LogP contribution is -2.49. The molecule has 1 atom stereocenters. The van der Waals surface area contributed by atoms with E-state index >= 15 is 0 Å². The average Bonchev–Trinajstić information content (AvgIpc) is 3.23. The van der Waals surface area contributed by atoms with Gasteiger partial charge in [0.05, 0.1) is 16.7 Å². The predicted octanol–water partition coefficient (Wildman–Crippen LogP) is 5.05. The first-order valence-electron chi connectivity index (χ1n) is 13.7. The Labute approximate surface area is 230 Å². The van der Waals surface area contributed by atoms with Crippen LogP contribution in [0.2, 0.25) is 0 Å². The van der Waals surface area contributed by atoms with E-state index < -0.39 is 0 Å². The monoisotopic (exact) mass is 528 g/mol. The first-order chi connectivity index (χ1) is 18.7. The van der Waals surface area contributed by atoms with Gasteiger partial charge in [0.1, 0.15) is 0 Å². The van der Waals surface area contributed by atoms with Gasteiger partial charge in [-0.3, -0.25) is 0 Å². The molecule has 1 unspecified atom stereocenters. The lowest BCUT2D eigenvalue weighted by molar-refractivity contribution is 0.0116. The van der Waals surface area contributed by atoms with Gasteiger partial charge in [0.15, 0.2) is 11.5 Å². The second kappa shape index (κ2) is 10.8. The minimum atomic E-state index is -0.291. The van der Waals surface area contributed by atoms with E-state index in [1.165, 1.54) is 5.69 Å². The van der Waals surface area contributed by atoms with Crippen molar-refractivity contribution in [3.63, 3.8) is 0 Å². The third-order valence-electron chi connectivity index (χ3n) is 7.77. The molecule has 5 rings (SSSR count). The molecular weight excluding hydrogens is 488 g/mol. The van der Waals surface area contributed by atoms with Crippen molar-refractivity contribution >= 4 is 34.2 Å². The first-order valence-corrected chi connectivity index (χ1v) is 13.7.